The molecule has 2 N–H and O–H groups in total. The molecule has 0 unspecified atom stereocenters. The Labute approximate surface area is 200 Å². The lowest BCUT2D eigenvalue weighted by Crippen LogP contribution is -2.48. The van der Waals surface area contributed by atoms with E-state index in [4.69, 9.17) is 9.98 Å². The van der Waals surface area contributed by atoms with Crippen molar-refractivity contribution in [2.45, 2.75) is 71.4 Å². The Bertz CT molecular complexity index is 605. The topological polar surface area (TPSA) is 55.8 Å². The molecule has 6 nitrogen and oxygen atoms in total. The lowest BCUT2D eigenvalue weighted by Gasteiger charge is -2.32. The molecule has 3 heterocycles. The second-order valence-electron chi connectivity index (χ2n) is 8.38. The lowest BCUT2D eigenvalue weighted by molar-refractivity contribution is 0.206. The van der Waals surface area contributed by atoms with Gasteiger partial charge in [-0.1, -0.05) is 25.8 Å². The van der Waals surface area contributed by atoms with Gasteiger partial charge >= 0.3 is 0 Å². The Kier molecular flexibility index (Phi) is 11.8. The number of pyridine rings is 1. The van der Waals surface area contributed by atoms with E-state index in [1.807, 2.05) is 6.20 Å². The number of guanidine groups is 1. The number of likely N-dealkylation sites (tertiary alicyclic amines) is 1. The van der Waals surface area contributed by atoms with E-state index in [2.05, 4.69) is 46.4 Å². The van der Waals surface area contributed by atoms with Crippen LogP contribution >= 0.6 is 24.0 Å². The van der Waals surface area contributed by atoms with Crippen molar-refractivity contribution in [3.8, 4) is 0 Å². The Hall–Kier alpha value is -1.09. The molecule has 2 fully saturated rings. The number of nitrogens with zero attached hydrogens (tertiary/aromatic N) is 4. The zero-order valence-electron chi connectivity index (χ0n) is 18.9. The van der Waals surface area contributed by atoms with Crippen molar-refractivity contribution in [1.29, 1.82) is 0 Å². The van der Waals surface area contributed by atoms with Gasteiger partial charge in [0, 0.05) is 45.0 Å². The number of rotatable bonds is 7. The Morgan fingerprint density at radius 1 is 1.07 bits per heavy atom. The first kappa shape index (κ1) is 25.2. The highest BCUT2D eigenvalue weighted by atomic mass is 127. The summed E-state index contributed by atoms with van der Waals surface area (Å²) in [5, 5.41) is 7.05. The minimum atomic E-state index is 0. The van der Waals surface area contributed by atoms with Gasteiger partial charge in [0.25, 0.3) is 0 Å². The zero-order chi connectivity index (χ0) is 20.3. The standard InChI is InChI=1S/C23H40N6.HI/c1-3-13-28-16-11-21(12-17-28)27-23(24-4-2)26-19-20-9-10-22(25-18-20)29-14-7-5-6-8-15-29;/h9-10,18,21H,3-8,11-17,19H2,1-2H3,(H2,24,26,27);1H. The van der Waals surface area contributed by atoms with Crippen LogP contribution in [0.3, 0.4) is 0 Å². The van der Waals surface area contributed by atoms with Gasteiger partial charge in [-0.2, -0.15) is 0 Å². The number of piperidine rings is 1. The Morgan fingerprint density at radius 3 is 2.40 bits per heavy atom. The van der Waals surface area contributed by atoms with Crippen LogP contribution in [0.2, 0.25) is 0 Å². The number of hydrogen-bond donors (Lipinski definition) is 2. The highest BCUT2D eigenvalue weighted by Gasteiger charge is 2.19. The average molecular weight is 529 g/mol. The molecule has 7 heteroatoms. The van der Waals surface area contributed by atoms with Gasteiger partial charge in [-0.3, -0.25) is 0 Å². The van der Waals surface area contributed by atoms with Crippen LogP contribution in [0.5, 0.6) is 0 Å². The molecule has 2 saturated heterocycles. The van der Waals surface area contributed by atoms with Gasteiger partial charge in [-0.05, 0) is 57.2 Å². The Morgan fingerprint density at radius 2 is 1.80 bits per heavy atom. The number of nitrogens with one attached hydrogen (secondary N) is 2. The van der Waals surface area contributed by atoms with Crippen molar-refractivity contribution < 1.29 is 0 Å². The summed E-state index contributed by atoms with van der Waals surface area (Å²) in [7, 11) is 0. The summed E-state index contributed by atoms with van der Waals surface area (Å²) in [6.45, 7) is 11.8. The number of halogens is 1. The summed E-state index contributed by atoms with van der Waals surface area (Å²) in [6, 6.07) is 4.87. The van der Waals surface area contributed by atoms with Gasteiger partial charge in [0.1, 0.15) is 5.82 Å². The fraction of sp³-hybridized carbons (Fsp3) is 0.739. The van der Waals surface area contributed by atoms with Gasteiger partial charge in [0.2, 0.25) is 0 Å². The third-order valence-electron chi connectivity index (χ3n) is 5.97. The maximum Gasteiger partial charge on any atom is 0.191 e. The normalized spacial score (nSPS) is 19.1. The monoisotopic (exact) mass is 528 g/mol. The third kappa shape index (κ3) is 8.21. The van der Waals surface area contributed by atoms with Crippen LogP contribution < -0.4 is 15.5 Å². The predicted molar refractivity (Wildman–Crippen MR) is 138 cm³/mol. The van der Waals surface area contributed by atoms with E-state index in [-0.39, 0.29) is 24.0 Å². The molecule has 1 aromatic heterocycles. The highest BCUT2D eigenvalue weighted by Crippen LogP contribution is 2.17. The van der Waals surface area contributed by atoms with Crippen molar-refractivity contribution in [2.75, 3.05) is 44.2 Å². The quantitative estimate of drug-likeness (QED) is 0.318. The SMILES string of the molecule is CCCN1CCC(NC(=NCc2ccc(N3CCCCCC3)nc2)NCC)CC1.I. The van der Waals surface area contributed by atoms with Crippen LogP contribution in [0.1, 0.15) is 64.4 Å². The van der Waals surface area contributed by atoms with E-state index < -0.39 is 0 Å². The molecule has 0 bridgehead atoms. The maximum atomic E-state index is 4.82. The lowest BCUT2D eigenvalue weighted by atomic mass is 10.1. The molecule has 0 saturated carbocycles. The summed E-state index contributed by atoms with van der Waals surface area (Å²) in [4.78, 5) is 14.5. The van der Waals surface area contributed by atoms with E-state index in [1.54, 1.807) is 0 Å². The molecule has 3 rings (SSSR count). The molecular weight excluding hydrogens is 487 g/mol. The van der Waals surface area contributed by atoms with Crippen molar-refractivity contribution >= 4 is 35.8 Å². The molecule has 170 valence electrons. The van der Waals surface area contributed by atoms with E-state index >= 15 is 0 Å². The fourth-order valence-electron chi connectivity index (χ4n) is 4.30. The molecule has 2 aliphatic rings. The van der Waals surface area contributed by atoms with E-state index in [0.29, 0.717) is 12.6 Å². The van der Waals surface area contributed by atoms with Crippen LogP contribution in [0.25, 0.3) is 0 Å². The number of anilines is 1. The first-order valence-corrected chi connectivity index (χ1v) is 11.8. The van der Waals surface area contributed by atoms with Crippen LogP contribution in [-0.2, 0) is 6.54 Å². The van der Waals surface area contributed by atoms with Crippen LogP contribution in [0.4, 0.5) is 5.82 Å². The van der Waals surface area contributed by atoms with Crippen molar-refractivity contribution in [2.24, 2.45) is 4.99 Å². The molecule has 0 spiro atoms. The van der Waals surface area contributed by atoms with Gasteiger partial charge in [-0.25, -0.2) is 9.98 Å². The average Bonchev–Trinajstić information content (AvgIpc) is 3.04. The Balaban J connectivity index is 0.00000320. The highest BCUT2D eigenvalue weighted by molar-refractivity contribution is 14.0. The zero-order valence-corrected chi connectivity index (χ0v) is 21.2. The molecular formula is C23H41IN6. The van der Waals surface area contributed by atoms with Gasteiger partial charge < -0.3 is 20.4 Å². The van der Waals surface area contributed by atoms with Crippen molar-refractivity contribution in [3.05, 3.63) is 23.9 Å². The molecule has 0 aliphatic carbocycles. The van der Waals surface area contributed by atoms with E-state index in [9.17, 15) is 0 Å². The maximum absolute atomic E-state index is 4.82. The molecule has 0 atom stereocenters. The number of aromatic nitrogens is 1. The van der Waals surface area contributed by atoms with Crippen molar-refractivity contribution in [1.82, 2.24) is 20.5 Å². The fourth-order valence-corrected chi connectivity index (χ4v) is 4.30. The summed E-state index contributed by atoms with van der Waals surface area (Å²) >= 11 is 0. The smallest absolute Gasteiger partial charge is 0.191 e. The second kappa shape index (κ2) is 14.1. The molecule has 0 amide bonds. The van der Waals surface area contributed by atoms with Crippen molar-refractivity contribution in [3.63, 3.8) is 0 Å². The molecule has 2 aliphatic heterocycles. The van der Waals surface area contributed by atoms with Gasteiger partial charge in [0.15, 0.2) is 5.96 Å². The second-order valence-corrected chi connectivity index (χ2v) is 8.38. The summed E-state index contributed by atoms with van der Waals surface area (Å²) in [5.41, 5.74) is 1.17. The molecule has 0 aromatic carbocycles. The molecule has 0 radical (unpaired) electrons. The number of aliphatic imine (C=N–C) groups is 1. The molecule has 30 heavy (non-hydrogen) atoms. The minimum absolute atomic E-state index is 0. The molecule has 1 aromatic rings. The van der Waals surface area contributed by atoms with Crippen LogP contribution in [-0.4, -0.2) is 61.2 Å². The van der Waals surface area contributed by atoms with Gasteiger partial charge in [0.05, 0.1) is 6.54 Å². The van der Waals surface area contributed by atoms with E-state index in [0.717, 1.165) is 31.4 Å². The number of hydrogen-bond acceptors (Lipinski definition) is 4. The predicted octanol–water partition coefficient (Wildman–Crippen LogP) is 4.01. The summed E-state index contributed by atoms with van der Waals surface area (Å²) < 4.78 is 0. The largest absolute Gasteiger partial charge is 0.357 e. The van der Waals surface area contributed by atoms with Crippen LogP contribution in [0.15, 0.2) is 23.3 Å². The minimum Gasteiger partial charge on any atom is -0.357 e. The van der Waals surface area contributed by atoms with E-state index in [1.165, 1.54) is 70.1 Å². The van der Waals surface area contributed by atoms with Gasteiger partial charge in [-0.15, -0.1) is 24.0 Å². The first-order valence-electron chi connectivity index (χ1n) is 11.8. The summed E-state index contributed by atoms with van der Waals surface area (Å²) in [5.74, 6) is 2.04. The van der Waals surface area contributed by atoms with Crippen LogP contribution in [0, 0.1) is 0 Å². The first-order chi connectivity index (χ1) is 14.3. The summed E-state index contributed by atoms with van der Waals surface area (Å²) in [6.07, 6.45) is 10.9. The third-order valence-corrected chi connectivity index (χ3v) is 5.97.